The van der Waals surface area contributed by atoms with E-state index in [1.165, 1.54) is 11.8 Å². The van der Waals surface area contributed by atoms with Gasteiger partial charge in [-0.05, 0) is 69.5 Å². The van der Waals surface area contributed by atoms with E-state index in [0.717, 1.165) is 0 Å². The molecule has 1 unspecified atom stereocenters. The summed E-state index contributed by atoms with van der Waals surface area (Å²) in [6.45, 7) is 8.12. The SMILES string of the molecule is CCC(CS(=O)(=O)C(C)(C)C)N1C(=O)[C@](C)(CC(=O)O)O[C@H](c2cccc(Cl)c2)[C@H]1c1ccc(Cl)cc1. The quantitative estimate of drug-likeness (QED) is 0.427. The number of nitrogens with zero attached hydrogens (tertiary/aromatic N) is 1. The van der Waals surface area contributed by atoms with Gasteiger partial charge in [0, 0.05) is 16.1 Å². The lowest BCUT2D eigenvalue weighted by Crippen LogP contribution is -2.62. The smallest absolute Gasteiger partial charge is 0.306 e. The molecule has 2 aromatic carbocycles. The minimum absolute atomic E-state index is 0.283. The zero-order valence-electron chi connectivity index (χ0n) is 21.6. The number of ether oxygens (including phenoxy) is 1. The Labute approximate surface area is 228 Å². The van der Waals surface area contributed by atoms with Crippen LogP contribution in [0.5, 0.6) is 0 Å². The summed E-state index contributed by atoms with van der Waals surface area (Å²) in [4.78, 5) is 27.5. The molecule has 0 spiro atoms. The van der Waals surface area contributed by atoms with Crippen molar-refractivity contribution in [3.63, 3.8) is 0 Å². The maximum Gasteiger partial charge on any atom is 0.306 e. The Morgan fingerprint density at radius 2 is 1.73 bits per heavy atom. The van der Waals surface area contributed by atoms with E-state index in [1.807, 2.05) is 6.92 Å². The van der Waals surface area contributed by atoms with Crippen LogP contribution in [0.25, 0.3) is 0 Å². The van der Waals surface area contributed by atoms with Gasteiger partial charge in [0.2, 0.25) is 0 Å². The molecular weight excluding hydrogens is 537 g/mol. The number of sulfone groups is 1. The van der Waals surface area contributed by atoms with Gasteiger partial charge in [-0.25, -0.2) is 8.42 Å². The van der Waals surface area contributed by atoms with Gasteiger partial charge in [-0.3, -0.25) is 9.59 Å². The summed E-state index contributed by atoms with van der Waals surface area (Å²) in [7, 11) is -3.64. The highest BCUT2D eigenvalue weighted by Crippen LogP contribution is 2.48. The first-order valence-corrected chi connectivity index (χ1v) is 14.5. The molecule has 3 rings (SSSR count). The normalized spacial score (nSPS) is 23.6. The molecule has 1 amide bonds. The second kappa shape index (κ2) is 10.9. The van der Waals surface area contributed by atoms with Crippen molar-refractivity contribution in [2.24, 2.45) is 0 Å². The van der Waals surface area contributed by atoms with Gasteiger partial charge < -0.3 is 14.7 Å². The molecule has 4 atom stereocenters. The summed E-state index contributed by atoms with van der Waals surface area (Å²) in [5.41, 5.74) is -0.428. The molecule has 1 fully saturated rings. The number of hydrogen-bond acceptors (Lipinski definition) is 5. The molecule has 1 aliphatic rings. The van der Waals surface area contributed by atoms with Crippen molar-refractivity contribution in [3.8, 4) is 0 Å². The second-order valence-electron chi connectivity index (χ2n) is 10.6. The molecule has 1 aliphatic heterocycles. The van der Waals surface area contributed by atoms with Crippen LogP contribution in [0.2, 0.25) is 10.0 Å². The van der Waals surface area contributed by atoms with E-state index < -0.39 is 56.7 Å². The Bertz CT molecular complexity index is 1260. The molecule has 0 aliphatic carbocycles. The summed E-state index contributed by atoms with van der Waals surface area (Å²) in [5.74, 6) is -2.07. The fourth-order valence-corrected chi connectivity index (χ4v) is 6.29. The van der Waals surface area contributed by atoms with E-state index in [4.69, 9.17) is 27.9 Å². The molecule has 37 heavy (non-hydrogen) atoms. The Balaban J connectivity index is 2.27. The van der Waals surface area contributed by atoms with Crippen LogP contribution in [-0.4, -0.2) is 52.4 Å². The summed E-state index contributed by atoms with van der Waals surface area (Å²) in [5, 5.41) is 10.6. The van der Waals surface area contributed by atoms with Gasteiger partial charge in [0.05, 0.1) is 23.0 Å². The molecule has 0 bridgehead atoms. The van der Waals surface area contributed by atoms with Crippen molar-refractivity contribution in [2.45, 2.75) is 76.0 Å². The highest BCUT2D eigenvalue weighted by atomic mass is 35.5. The summed E-state index contributed by atoms with van der Waals surface area (Å²) in [6.07, 6.45) is -1.08. The number of carbonyl (C=O) groups is 2. The number of aliphatic carboxylic acids is 1. The summed E-state index contributed by atoms with van der Waals surface area (Å²) >= 11 is 12.4. The van der Waals surface area contributed by atoms with E-state index in [9.17, 15) is 23.1 Å². The molecule has 1 heterocycles. The Morgan fingerprint density at radius 1 is 1.11 bits per heavy atom. The third-order valence-corrected chi connectivity index (χ3v) is 9.92. The highest BCUT2D eigenvalue weighted by Gasteiger charge is 2.54. The highest BCUT2D eigenvalue weighted by molar-refractivity contribution is 7.92. The van der Waals surface area contributed by atoms with E-state index in [1.54, 1.807) is 69.3 Å². The number of morpholine rings is 1. The van der Waals surface area contributed by atoms with Crippen molar-refractivity contribution in [2.75, 3.05) is 5.75 Å². The molecule has 1 saturated heterocycles. The van der Waals surface area contributed by atoms with Gasteiger partial charge in [-0.15, -0.1) is 0 Å². The van der Waals surface area contributed by atoms with Gasteiger partial charge in [-0.1, -0.05) is 54.4 Å². The molecule has 0 saturated carbocycles. The number of carbonyl (C=O) groups excluding carboxylic acids is 1. The van der Waals surface area contributed by atoms with Crippen LogP contribution in [0.3, 0.4) is 0 Å². The lowest BCUT2D eigenvalue weighted by atomic mass is 9.86. The van der Waals surface area contributed by atoms with Gasteiger partial charge in [-0.2, -0.15) is 0 Å². The van der Waals surface area contributed by atoms with Crippen molar-refractivity contribution in [3.05, 3.63) is 69.7 Å². The fourth-order valence-electron chi connectivity index (χ4n) is 4.57. The number of halogens is 2. The van der Waals surface area contributed by atoms with Gasteiger partial charge >= 0.3 is 5.97 Å². The Kier molecular flexibility index (Phi) is 8.69. The lowest BCUT2D eigenvalue weighted by Gasteiger charge is -2.51. The molecule has 2 aromatic rings. The maximum absolute atomic E-state index is 14.1. The number of carboxylic acid groups (broad SMARTS) is 1. The molecule has 202 valence electrons. The average molecular weight is 571 g/mol. The van der Waals surface area contributed by atoms with Crippen LogP contribution in [0, 0.1) is 0 Å². The van der Waals surface area contributed by atoms with Crippen molar-refractivity contribution in [1.29, 1.82) is 0 Å². The van der Waals surface area contributed by atoms with Crippen molar-refractivity contribution in [1.82, 2.24) is 4.90 Å². The van der Waals surface area contributed by atoms with Crippen LogP contribution in [0.15, 0.2) is 48.5 Å². The molecule has 7 nitrogen and oxygen atoms in total. The van der Waals surface area contributed by atoms with Gasteiger partial charge in [0.1, 0.15) is 6.10 Å². The van der Waals surface area contributed by atoms with E-state index in [2.05, 4.69) is 0 Å². The van der Waals surface area contributed by atoms with Crippen LogP contribution in [0.4, 0.5) is 0 Å². The second-order valence-corrected chi connectivity index (χ2v) is 14.2. The van der Waals surface area contributed by atoms with E-state index >= 15 is 0 Å². The number of benzene rings is 2. The Morgan fingerprint density at radius 3 is 2.24 bits per heavy atom. The monoisotopic (exact) mass is 569 g/mol. The minimum atomic E-state index is -3.64. The molecule has 10 heteroatoms. The van der Waals surface area contributed by atoms with Crippen LogP contribution >= 0.6 is 23.2 Å². The molecular formula is C27H33Cl2NO6S. The summed E-state index contributed by atoms with van der Waals surface area (Å²) in [6, 6.07) is 12.3. The van der Waals surface area contributed by atoms with Crippen molar-refractivity contribution >= 4 is 44.9 Å². The first-order chi connectivity index (χ1) is 17.1. The van der Waals surface area contributed by atoms with Crippen LogP contribution in [-0.2, 0) is 24.2 Å². The zero-order valence-corrected chi connectivity index (χ0v) is 23.9. The third-order valence-electron chi connectivity index (χ3n) is 6.75. The fraction of sp³-hybridized carbons (Fsp3) is 0.481. The third kappa shape index (κ3) is 6.30. The first kappa shape index (κ1) is 29.4. The first-order valence-electron chi connectivity index (χ1n) is 12.0. The zero-order chi connectivity index (χ0) is 27.8. The molecule has 0 aromatic heterocycles. The van der Waals surface area contributed by atoms with Crippen LogP contribution < -0.4 is 0 Å². The number of amides is 1. The number of rotatable bonds is 8. The van der Waals surface area contributed by atoms with Gasteiger partial charge in [0.25, 0.3) is 5.91 Å². The van der Waals surface area contributed by atoms with Crippen molar-refractivity contribution < 1.29 is 27.9 Å². The standard InChI is InChI=1S/C27H33Cl2NO6S/c1-6-21(16-37(34,35)26(2,3)4)30-23(17-10-12-19(28)13-11-17)24(18-8-7-9-20(29)14-18)36-27(5,25(30)33)15-22(31)32/h7-14,21,23-24H,6,15-16H2,1-5H3,(H,31,32)/t21?,23-,24-,27+/m1/s1. The maximum atomic E-state index is 14.1. The molecule has 0 radical (unpaired) electrons. The average Bonchev–Trinajstić information content (AvgIpc) is 2.78. The molecule has 1 N–H and O–H groups in total. The summed E-state index contributed by atoms with van der Waals surface area (Å²) < 4.78 is 31.9. The predicted octanol–water partition coefficient (Wildman–Crippen LogP) is 5.86. The Hall–Kier alpha value is -2.13. The van der Waals surface area contributed by atoms with E-state index in [0.29, 0.717) is 27.6 Å². The number of carboxylic acids is 1. The predicted molar refractivity (Wildman–Crippen MR) is 145 cm³/mol. The van der Waals surface area contributed by atoms with Gasteiger partial charge in [0.15, 0.2) is 15.4 Å². The topological polar surface area (TPSA) is 101 Å². The lowest BCUT2D eigenvalue weighted by molar-refractivity contribution is -0.206. The largest absolute Gasteiger partial charge is 0.481 e. The minimum Gasteiger partial charge on any atom is -0.481 e. The van der Waals surface area contributed by atoms with Crippen LogP contribution in [0.1, 0.15) is 70.7 Å². The number of hydrogen-bond donors (Lipinski definition) is 1. The van der Waals surface area contributed by atoms with E-state index in [-0.39, 0.29) is 5.75 Å².